The first-order chi connectivity index (χ1) is 14.7. The lowest BCUT2D eigenvalue weighted by atomic mass is 9.94. The average Bonchev–Trinajstić information content (AvgIpc) is 2.64. The molecule has 32 heavy (non-hydrogen) atoms. The fraction of sp³-hybridized carbons (Fsp3) is 0.762. The van der Waals surface area contributed by atoms with Crippen LogP contribution in [0.2, 0.25) is 0 Å². The summed E-state index contributed by atoms with van der Waals surface area (Å²) in [6, 6.07) is -2.13. The number of carbonyl (C=O) groups is 5. The summed E-state index contributed by atoms with van der Waals surface area (Å²) in [5, 5.41) is 14.1. The Morgan fingerprint density at radius 3 is 2.06 bits per heavy atom. The predicted octanol–water partition coefficient (Wildman–Crippen LogP) is 0.609. The van der Waals surface area contributed by atoms with Gasteiger partial charge in [-0.05, 0) is 46.0 Å². The summed E-state index contributed by atoms with van der Waals surface area (Å²) in [7, 11) is 0. The highest BCUT2D eigenvalue weighted by atomic mass is 16.6. The van der Waals surface area contributed by atoms with E-state index in [0.717, 1.165) is 0 Å². The third-order valence-electron chi connectivity index (χ3n) is 4.89. The van der Waals surface area contributed by atoms with Crippen LogP contribution in [0.4, 0.5) is 4.79 Å². The Kier molecular flexibility index (Phi) is 9.92. The fourth-order valence-electron chi connectivity index (χ4n) is 3.42. The molecule has 1 rings (SSSR count). The summed E-state index contributed by atoms with van der Waals surface area (Å²) >= 11 is 0. The maximum Gasteiger partial charge on any atom is 0.408 e. The maximum atomic E-state index is 13.0. The molecule has 11 heteroatoms. The van der Waals surface area contributed by atoms with Crippen LogP contribution in [0.5, 0.6) is 0 Å². The highest BCUT2D eigenvalue weighted by Gasteiger charge is 2.34. The van der Waals surface area contributed by atoms with Crippen molar-refractivity contribution in [3.05, 3.63) is 0 Å². The van der Waals surface area contributed by atoms with E-state index < -0.39 is 53.9 Å². The molecule has 0 spiro atoms. The van der Waals surface area contributed by atoms with Crippen molar-refractivity contribution in [3.8, 4) is 0 Å². The minimum Gasteiger partial charge on any atom is -0.480 e. The molecule has 1 aliphatic heterocycles. The molecule has 0 saturated carbocycles. The fourth-order valence-corrected chi connectivity index (χ4v) is 3.42. The number of primary amides is 1. The minimum absolute atomic E-state index is 0.153. The molecule has 0 radical (unpaired) electrons. The third kappa shape index (κ3) is 9.52. The van der Waals surface area contributed by atoms with Gasteiger partial charge in [0.05, 0.1) is 6.42 Å². The number of nitrogens with one attached hydrogen (secondary N) is 2. The van der Waals surface area contributed by atoms with Gasteiger partial charge in [-0.25, -0.2) is 9.59 Å². The Bertz CT molecular complexity index is 709. The van der Waals surface area contributed by atoms with Crippen molar-refractivity contribution < 1.29 is 33.8 Å². The van der Waals surface area contributed by atoms with Crippen LogP contribution in [0.15, 0.2) is 0 Å². The molecule has 1 aliphatic rings. The van der Waals surface area contributed by atoms with Crippen molar-refractivity contribution in [3.63, 3.8) is 0 Å². The number of aliphatic carboxylic acids is 1. The molecule has 0 aromatic carbocycles. The van der Waals surface area contributed by atoms with Crippen LogP contribution < -0.4 is 16.4 Å². The van der Waals surface area contributed by atoms with Gasteiger partial charge in [0.25, 0.3) is 0 Å². The van der Waals surface area contributed by atoms with Crippen molar-refractivity contribution in [2.45, 2.75) is 78.0 Å². The number of carbonyl (C=O) groups excluding carboxylic acids is 4. The lowest BCUT2D eigenvalue weighted by molar-refractivity contribution is -0.144. The first-order valence-corrected chi connectivity index (χ1v) is 10.8. The summed E-state index contributed by atoms with van der Waals surface area (Å²) in [5.41, 5.74) is 4.34. The number of nitrogens with two attached hydrogens (primary N) is 1. The Morgan fingerprint density at radius 1 is 1.06 bits per heavy atom. The topological polar surface area (TPSA) is 168 Å². The molecule has 11 nitrogen and oxygen atoms in total. The van der Waals surface area contributed by atoms with Crippen LogP contribution in [-0.4, -0.2) is 70.6 Å². The van der Waals surface area contributed by atoms with E-state index in [1.807, 2.05) is 13.8 Å². The zero-order valence-corrected chi connectivity index (χ0v) is 19.5. The van der Waals surface area contributed by atoms with Gasteiger partial charge < -0.3 is 31.1 Å². The van der Waals surface area contributed by atoms with Gasteiger partial charge in [0.2, 0.25) is 17.7 Å². The smallest absolute Gasteiger partial charge is 0.408 e. The van der Waals surface area contributed by atoms with Crippen LogP contribution in [0.1, 0.15) is 60.3 Å². The highest BCUT2D eigenvalue weighted by molar-refractivity contribution is 5.89. The van der Waals surface area contributed by atoms with Crippen molar-refractivity contribution in [2.75, 3.05) is 13.1 Å². The molecule has 5 N–H and O–H groups in total. The number of nitrogens with zero attached hydrogens (tertiary/aromatic N) is 1. The quantitative estimate of drug-likeness (QED) is 0.394. The minimum atomic E-state index is -1.38. The van der Waals surface area contributed by atoms with E-state index in [1.165, 1.54) is 0 Å². The van der Waals surface area contributed by atoms with Crippen LogP contribution >= 0.6 is 0 Å². The van der Waals surface area contributed by atoms with Gasteiger partial charge in [-0.15, -0.1) is 0 Å². The highest BCUT2D eigenvalue weighted by Crippen LogP contribution is 2.20. The number of likely N-dealkylation sites (tertiary alicyclic amines) is 1. The van der Waals surface area contributed by atoms with E-state index in [-0.39, 0.29) is 24.9 Å². The lowest BCUT2D eigenvalue weighted by Gasteiger charge is -2.34. The monoisotopic (exact) mass is 456 g/mol. The number of hydrogen-bond acceptors (Lipinski definition) is 6. The summed E-state index contributed by atoms with van der Waals surface area (Å²) < 4.78 is 5.26. The predicted molar refractivity (Wildman–Crippen MR) is 115 cm³/mol. The number of piperidine rings is 1. The third-order valence-corrected chi connectivity index (χ3v) is 4.89. The molecular weight excluding hydrogens is 420 g/mol. The molecule has 4 amide bonds. The van der Waals surface area contributed by atoms with E-state index in [1.54, 1.807) is 25.7 Å². The second kappa shape index (κ2) is 11.7. The molecule has 1 fully saturated rings. The van der Waals surface area contributed by atoms with E-state index in [9.17, 15) is 24.0 Å². The van der Waals surface area contributed by atoms with Gasteiger partial charge >= 0.3 is 12.1 Å². The number of carboxylic acids is 1. The molecule has 0 bridgehead atoms. The molecule has 0 aliphatic carbocycles. The first kappa shape index (κ1) is 27.2. The van der Waals surface area contributed by atoms with E-state index in [0.29, 0.717) is 19.3 Å². The van der Waals surface area contributed by atoms with Gasteiger partial charge in [0, 0.05) is 19.0 Å². The standard InChI is InChI=1S/C21H36N4O7/c1-12(2)10-14(24-20(31)32-21(3,4)5)18(28)25-8-6-13(7-9-25)17(27)23-15(19(29)30)11-16(22)26/h12-15H,6-11H2,1-5H3,(H2,22,26)(H,23,27)(H,24,31)(H,29,30)/t14-,15-/m0/s1. The van der Waals surface area contributed by atoms with Crippen molar-refractivity contribution in [1.29, 1.82) is 0 Å². The normalized spacial score (nSPS) is 16.8. The van der Waals surface area contributed by atoms with Gasteiger partial charge in [0.15, 0.2) is 0 Å². The molecule has 1 heterocycles. The molecule has 0 aromatic rings. The summed E-state index contributed by atoms with van der Waals surface area (Å²) in [6.07, 6.45) is -0.0555. The molecule has 1 saturated heterocycles. The van der Waals surface area contributed by atoms with Crippen LogP contribution in [0, 0.1) is 11.8 Å². The molecular formula is C21H36N4O7. The number of amides is 4. The first-order valence-electron chi connectivity index (χ1n) is 10.8. The number of ether oxygens (including phenoxy) is 1. The zero-order chi connectivity index (χ0) is 24.6. The van der Waals surface area contributed by atoms with Gasteiger partial charge in [-0.1, -0.05) is 13.8 Å². The zero-order valence-electron chi connectivity index (χ0n) is 19.5. The number of carboxylic acid groups (broad SMARTS) is 1. The summed E-state index contributed by atoms with van der Waals surface area (Å²) in [4.78, 5) is 61.4. The lowest BCUT2D eigenvalue weighted by Crippen LogP contribution is -2.53. The molecule has 0 aromatic heterocycles. The van der Waals surface area contributed by atoms with Crippen LogP contribution in [-0.2, 0) is 23.9 Å². The van der Waals surface area contributed by atoms with E-state index >= 15 is 0 Å². The van der Waals surface area contributed by atoms with E-state index in [4.69, 9.17) is 15.6 Å². The average molecular weight is 457 g/mol. The van der Waals surface area contributed by atoms with E-state index in [2.05, 4.69) is 10.6 Å². The Hall–Kier alpha value is -2.85. The van der Waals surface area contributed by atoms with Crippen molar-refractivity contribution in [1.82, 2.24) is 15.5 Å². The SMILES string of the molecule is CC(C)C[C@H](NC(=O)OC(C)(C)C)C(=O)N1CCC(C(=O)N[C@@H](CC(N)=O)C(=O)O)CC1. The summed E-state index contributed by atoms with van der Waals surface area (Å²) in [6.45, 7) is 9.67. The van der Waals surface area contributed by atoms with Crippen molar-refractivity contribution in [2.24, 2.45) is 17.6 Å². The van der Waals surface area contributed by atoms with Gasteiger partial charge in [-0.3, -0.25) is 14.4 Å². The Balaban J connectivity index is 2.70. The second-order valence-electron chi connectivity index (χ2n) is 9.50. The van der Waals surface area contributed by atoms with Crippen LogP contribution in [0.25, 0.3) is 0 Å². The van der Waals surface area contributed by atoms with Gasteiger partial charge in [0.1, 0.15) is 17.7 Å². The maximum absolute atomic E-state index is 13.0. The molecule has 2 atom stereocenters. The largest absolute Gasteiger partial charge is 0.480 e. The Labute approximate surface area is 188 Å². The number of alkyl carbamates (subject to hydrolysis) is 1. The van der Waals surface area contributed by atoms with Crippen molar-refractivity contribution >= 4 is 29.8 Å². The Morgan fingerprint density at radius 2 is 1.62 bits per heavy atom. The van der Waals surface area contributed by atoms with Crippen LogP contribution in [0.3, 0.4) is 0 Å². The summed E-state index contributed by atoms with van der Waals surface area (Å²) in [5.74, 6) is -3.24. The molecule has 0 unspecified atom stereocenters. The number of rotatable bonds is 9. The van der Waals surface area contributed by atoms with Gasteiger partial charge in [-0.2, -0.15) is 0 Å². The molecule has 182 valence electrons. The number of hydrogen-bond donors (Lipinski definition) is 4. The second-order valence-corrected chi connectivity index (χ2v) is 9.50.